The normalized spacial score (nSPS) is 19.7. The molecule has 1 aliphatic rings. The van der Waals surface area contributed by atoms with Crippen molar-refractivity contribution < 1.29 is 27.9 Å². The van der Waals surface area contributed by atoms with Crippen LogP contribution in [0.25, 0.3) is 0 Å². The Bertz CT molecular complexity index is 1080. The van der Waals surface area contributed by atoms with E-state index < -0.39 is 30.2 Å². The molecule has 0 amide bonds. The zero-order valence-electron chi connectivity index (χ0n) is 18.2. The molecule has 1 heterocycles. The number of rotatable bonds is 6. The second-order valence-electron chi connectivity index (χ2n) is 8.65. The Kier molecular flexibility index (Phi) is 8.05. The molecule has 2 aromatic carbocycles. The Labute approximate surface area is 214 Å². The monoisotopic (exact) mass is 558 g/mol. The standard InChI is InChI=1S/C22H21Cl4F3N2O3/c1-20(2,3)33-19(32)30-10-12-6-11(4-5-14(12)23)17-9-21(34-31-17,22(27,28)29)13-7-15(24)18(26)16(25)8-13/h4-8,19,30,32H,9-10H2,1-3H3. The van der Waals surface area contributed by atoms with Gasteiger partial charge in [-0.2, -0.15) is 13.2 Å². The summed E-state index contributed by atoms with van der Waals surface area (Å²) in [4.78, 5) is 5.03. The molecular weight excluding hydrogens is 539 g/mol. The van der Waals surface area contributed by atoms with E-state index >= 15 is 0 Å². The number of hydrogen-bond acceptors (Lipinski definition) is 5. The number of hydrogen-bond donors (Lipinski definition) is 2. The van der Waals surface area contributed by atoms with E-state index in [-0.39, 0.29) is 32.9 Å². The lowest BCUT2D eigenvalue weighted by Gasteiger charge is -2.30. The Morgan fingerprint density at radius 1 is 1.09 bits per heavy atom. The van der Waals surface area contributed by atoms with Crippen molar-refractivity contribution in [1.29, 1.82) is 0 Å². The van der Waals surface area contributed by atoms with Crippen molar-refractivity contribution >= 4 is 52.1 Å². The number of oxime groups is 1. The summed E-state index contributed by atoms with van der Waals surface area (Å²) in [6.45, 7) is 5.41. The third-order valence-corrected chi connectivity index (χ3v) is 6.51. The number of aliphatic hydroxyl groups is 1. The number of aliphatic hydroxyl groups excluding tert-OH is 1. The van der Waals surface area contributed by atoms with Crippen LogP contribution in [0.4, 0.5) is 13.2 Å². The smallest absolute Gasteiger partial charge is 0.374 e. The van der Waals surface area contributed by atoms with Crippen LogP contribution in [0.5, 0.6) is 0 Å². The fourth-order valence-electron chi connectivity index (χ4n) is 3.31. The summed E-state index contributed by atoms with van der Waals surface area (Å²) in [5.41, 5.74) is -2.79. The minimum atomic E-state index is -4.84. The topological polar surface area (TPSA) is 63.1 Å². The van der Waals surface area contributed by atoms with Crippen LogP contribution in [0.1, 0.15) is 43.9 Å². The molecule has 5 nitrogen and oxygen atoms in total. The van der Waals surface area contributed by atoms with E-state index in [1.54, 1.807) is 26.8 Å². The van der Waals surface area contributed by atoms with Crippen LogP contribution < -0.4 is 5.32 Å². The number of halogens is 7. The predicted octanol–water partition coefficient (Wildman–Crippen LogP) is 7.06. The van der Waals surface area contributed by atoms with Crippen molar-refractivity contribution in [1.82, 2.24) is 5.32 Å². The van der Waals surface area contributed by atoms with Crippen molar-refractivity contribution in [3.05, 3.63) is 67.1 Å². The predicted molar refractivity (Wildman–Crippen MR) is 127 cm³/mol. The number of nitrogens with one attached hydrogen (secondary N) is 1. The van der Waals surface area contributed by atoms with E-state index in [0.717, 1.165) is 12.1 Å². The van der Waals surface area contributed by atoms with Gasteiger partial charge in [0.05, 0.1) is 26.4 Å². The van der Waals surface area contributed by atoms with E-state index in [2.05, 4.69) is 10.5 Å². The highest BCUT2D eigenvalue weighted by atomic mass is 35.5. The molecule has 2 atom stereocenters. The molecule has 0 spiro atoms. The first-order chi connectivity index (χ1) is 15.6. The number of benzene rings is 2. The third kappa shape index (κ3) is 5.93. The van der Waals surface area contributed by atoms with Crippen LogP contribution in [-0.2, 0) is 21.7 Å². The second-order valence-corrected chi connectivity index (χ2v) is 10.3. The molecule has 0 bridgehead atoms. The Balaban J connectivity index is 1.87. The molecule has 0 fully saturated rings. The SMILES string of the molecule is CC(C)(C)OC(O)NCc1cc(C2=NOC(c3cc(Cl)c(Cl)c(Cl)c3)(C(F)(F)F)C2)ccc1Cl. The van der Waals surface area contributed by atoms with Gasteiger partial charge in [0.1, 0.15) is 0 Å². The van der Waals surface area contributed by atoms with Gasteiger partial charge in [0.25, 0.3) is 5.60 Å². The summed E-state index contributed by atoms with van der Waals surface area (Å²) in [7, 11) is 0. The van der Waals surface area contributed by atoms with Gasteiger partial charge in [-0.3, -0.25) is 5.32 Å². The van der Waals surface area contributed by atoms with E-state index in [0.29, 0.717) is 16.1 Å². The van der Waals surface area contributed by atoms with E-state index in [9.17, 15) is 18.3 Å². The first-order valence-corrected chi connectivity index (χ1v) is 11.5. The van der Waals surface area contributed by atoms with Gasteiger partial charge in [-0.15, -0.1) is 0 Å². The van der Waals surface area contributed by atoms with Gasteiger partial charge in [-0.05, 0) is 56.2 Å². The van der Waals surface area contributed by atoms with Crippen LogP contribution >= 0.6 is 46.4 Å². The van der Waals surface area contributed by atoms with Crippen LogP contribution in [0.3, 0.4) is 0 Å². The molecule has 12 heteroatoms. The van der Waals surface area contributed by atoms with Gasteiger partial charge >= 0.3 is 6.18 Å². The van der Waals surface area contributed by atoms with Crippen LogP contribution in [0, 0.1) is 0 Å². The quantitative estimate of drug-likeness (QED) is 0.294. The van der Waals surface area contributed by atoms with Crippen LogP contribution in [-0.4, -0.2) is 29.0 Å². The molecule has 0 saturated heterocycles. The minimum Gasteiger partial charge on any atom is -0.374 e. The first kappa shape index (κ1) is 27.3. The lowest BCUT2D eigenvalue weighted by molar-refractivity contribution is -0.275. The van der Waals surface area contributed by atoms with E-state index in [1.165, 1.54) is 12.1 Å². The molecule has 2 unspecified atom stereocenters. The fourth-order valence-corrected chi connectivity index (χ4v) is 4.09. The number of alkyl halides is 3. The summed E-state index contributed by atoms with van der Waals surface area (Å²) in [5, 5.41) is 16.5. The van der Waals surface area contributed by atoms with Crippen molar-refractivity contribution in [2.24, 2.45) is 5.16 Å². The molecule has 2 N–H and O–H groups in total. The van der Waals surface area contributed by atoms with Crippen molar-refractivity contribution in [2.75, 3.05) is 0 Å². The highest BCUT2D eigenvalue weighted by Crippen LogP contribution is 2.50. The second kappa shape index (κ2) is 10.0. The summed E-state index contributed by atoms with van der Waals surface area (Å²) in [5.74, 6) is 0. The zero-order valence-corrected chi connectivity index (χ0v) is 21.3. The maximum Gasteiger partial charge on any atom is 0.435 e. The van der Waals surface area contributed by atoms with Crippen molar-refractivity contribution in [2.45, 2.75) is 57.5 Å². The fraction of sp³-hybridized carbons (Fsp3) is 0.409. The number of nitrogens with zero attached hydrogens (tertiary/aromatic N) is 1. The minimum absolute atomic E-state index is 0.0453. The summed E-state index contributed by atoms with van der Waals surface area (Å²) >= 11 is 24.1. The van der Waals surface area contributed by atoms with Gasteiger partial charge in [-0.25, -0.2) is 0 Å². The largest absolute Gasteiger partial charge is 0.435 e. The maximum atomic E-state index is 14.3. The lowest BCUT2D eigenvalue weighted by atomic mass is 9.86. The summed E-state index contributed by atoms with van der Waals surface area (Å²) in [6, 6.07) is 6.75. The Morgan fingerprint density at radius 3 is 2.26 bits per heavy atom. The summed E-state index contributed by atoms with van der Waals surface area (Å²) < 4.78 is 48.1. The van der Waals surface area contributed by atoms with Crippen molar-refractivity contribution in [3.63, 3.8) is 0 Å². The molecule has 0 aromatic heterocycles. The molecule has 186 valence electrons. The Hall–Kier alpha value is -1.26. The van der Waals surface area contributed by atoms with E-state index in [4.69, 9.17) is 56.0 Å². The first-order valence-electron chi connectivity index (χ1n) is 9.98. The molecule has 34 heavy (non-hydrogen) atoms. The summed E-state index contributed by atoms with van der Waals surface area (Å²) in [6.07, 6.45) is -6.75. The average Bonchev–Trinajstić information content (AvgIpc) is 3.16. The van der Waals surface area contributed by atoms with Crippen LogP contribution in [0.15, 0.2) is 35.5 Å². The molecule has 2 aromatic rings. The maximum absolute atomic E-state index is 14.3. The average molecular weight is 560 g/mol. The van der Waals surface area contributed by atoms with Gasteiger partial charge < -0.3 is 14.7 Å². The lowest BCUT2D eigenvalue weighted by Crippen LogP contribution is -2.42. The van der Waals surface area contributed by atoms with Gasteiger partial charge in [-0.1, -0.05) is 57.6 Å². The molecule has 0 aliphatic carbocycles. The van der Waals surface area contributed by atoms with E-state index in [1.807, 2.05) is 0 Å². The highest BCUT2D eigenvalue weighted by molar-refractivity contribution is 6.48. The highest BCUT2D eigenvalue weighted by Gasteiger charge is 2.62. The molecular formula is C22H21Cl4F3N2O3. The zero-order chi connectivity index (χ0) is 25.5. The third-order valence-electron chi connectivity index (χ3n) is 4.95. The van der Waals surface area contributed by atoms with Gasteiger partial charge in [0, 0.05) is 23.6 Å². The number of ether oxygens (including phenoxy) is 1. The molecule has 3 rings (SSSR count). The molecule has 0 saturated carbocycles. The van der Waals surface area contributed by atoms with Gasteiger partial charge in [0.15, 0.2) is 0 Å². The molecule has 1 aliphatic heterocycles. The van der Waals surface area contributed by atoms with Gasteiger partial charge in [0.2, 0.25) is 6.41 Å². The molecule has 0 radical (unpaired) electrons. The van der Waals surface area contributed by atoms with Crippen LogP contribution in [0.2, 0.25) is 20.1 Å². The Morgan fingerprint density at radius 2 is 1.71 bits per heavy atom. The van der Waals surface area contributed by atoms with Crippen molar-refractivity contribution in [3.8, 4) is 0 Å².